The Bertz CT molecular complexity index is 548. The van der Waals surface area contributed by atoms with Gasteiger partial charge in [0.15, 0.2) is 0 Å². The fourth-order valence-electron chi connectivity index (χ4n) is 2.16. The molecule has 1 atom stereocenters. The molecule has 0 aliphatic carbocycles. The zero-order valence-electron chi connectivity index (χ0n) is 12.7. The second-order valence-electron chi connectivity index (χ2n) is 5.32. The van der Waals surface area contributed by atoms with E-state index in [-0.39, 0.29) is 6.10 Å². The predicted octanol–water partition coefficient (Wildman–Crippen LogP) is 2.83. The van der Waals surface area contributed by atoms with Crippen LogP contribution >= 0.6 is 0 Å². The lowest BCUT2D eigenvalue weighted by molar-refractivity contribution is 0.0953. The van der Waals surface area contributed by atoms with Crippen LogP contribution < -0.4 is 4.74 Å². The highest BCUT2D eigenvalue weighted by Gasteiger charge is 2.11. The summed E-state index contributed by atoms with van der Waals surface area (Å²) < 4.78 is 11.2. The third-order valence-electron chi connectivity index (χ3n) is 3.37. The van der Waals surface area contributed by atoms with E-state index in [0.717, 1.165) is 29.6 Å². The number of benzene rings is 1. The van der Waals surface area contributed by atoms with Gasteiger partial charge in [0, 0.05) is 43.3 Å². The monoisotopic (exact) mass is 275 g/mol. The smallest absolute Gasteiger partial charge is 0.125 e. The minimum Gasteiger partial charge on any atom is -0.493 e. The third-order valence-corrected chi connectivity index (χ3v) is 3.37. The molecule has 109 valence electrons. The summed E-state index contributed by atoms with van der Waals surface area (Å²) in [6, 6.07) is 7.27. The summed E-state index contributed by atoms with van der Waals surface area (Å²) in [7, 11) is 5.84. The average Bonchev–Trinajstić information content (AvgIpc) is 2.88. The Hall–Kier alpha value is -1.52. The molecular formula is C16H23N2O2. The van der Waals surface area contributed by atoms with Gasteiger partial charge in [-0.3, -0.25) is 0 Å². The molecule has 1 N–H and O–H groups in total. The molecule has 0 spiro atoms. The Morgan fingerprint density at radius 3 is 2.85 bits per heavy atom. The normalized spacial score (nSPS) is 13.1. The van der Waals surface area contributed by atoms with Crippen molar-refractivity contribution in [2.75, 3.05) is 27.8 Å². The minimum absolute atomic E-state index is 0.217. The van der Waals surface area contributed by atoms with Crippen molar-refractivity contribution in [1.82, 2.24) is 9.88 Å². The zero-order chi connectivity index (χ0) is 14.5. The van der Waals surface area contributed by atoms with Crippen molar-refractivity contribution in [1.29, 1.82) is 0 Å². The van der Waals surface area contributed by atoms with Crippen molar-refractivity contribution in [3.63, 3.8) is 0 Å². The molecule has 1 aromatic carbocycles. The number of nitrogens with one attached hydrogen (secondary N) is 1. The van der Waals surface area contributed by atoms with Gasteiger partial charge in [-0.05, 0) is 33.2 Å². The molecule has 2 aromatic rings. The topological polar surface area (TPSA) is 37.5 Å². The first-order valence-electron chi connectivity index (χ1n) is 6.92. The Kier molecular flexibility index (Phi) is 5.04. The van der Waals surface area contributed by atoms with Crippen molar-refractivity contribution >= 4 is 10.9 Å². The number of aromatic nitrogens is 1. The van der Waals surface area contributed by atoms with E-state index < -0.39 is 0 Å². The number of rotatable bonds is 7. The van der Waals surface area contributed by atoms with Crippen LogP contribution in [0.1, 0.15) is 18.9 Å². The number of H-pyrrole nitrogens is 1. The number of ether oxygens (including phenoxy) is 2. The quantitative estimate of drug-likeness (QED) is 0.844. The van der Waals surface area contributed by atoms with E-state index >= 15 is 0 Å². The van der Waals surface area contributed by atoms with Gasteiger partial charge in [0.05, 0.1) is 18.2 Å². The number of nitrogens with zero attached hydrogens (tertiary/aromatic N) is 1. The highest BCUT2D eigenvalue weighted by molar-refractivity contribution is 5.84. The molecule has 20 heavy (non-hydrogen) atoms. The lowest BCUT2D eigenvalue weighted by atomic mass is 10.1. The Morgan fingerprint density at radius 2 is 2.15 bits per heavy atom. The third kappa shape index (κ3) is 3.52. The molecule has 1 heterocycles. The van der Waals surface area contributed by atoms with Crippen molar-refractivity contribution in [3.05, 3.63) is 30.0 Å². The number of methoxy groups -OCH3 is 1. The van der Waals surface area contributed by atoms with Crippen molar-refractivity contribution < 1.29 is 9.47 Å². The van der Waals surface area contributed by atoms with Crippen LogP contribution in [0.4, 0.5) is 0 Å². The molecule has 4 nitrogen and oxygen atoms in total. The van der Waals surface area contributed by atoms with Crippen LogP contribution in [0, 0.1) is 6.07 Å². The number of fused-ring (bicyclic) bond motifs is 1. The van der Waals surface area contributed by atoms with E-state index in [9.17, 15) is 0 Å². The molecular weight excluding hydrogens is 252 g/mol. The predicted molar refractivity (Wildman–Crippen MR) is 81.1 cm³/mol. The Morgan fingerprint density at radius 1 is 1.35 bits per heavy atom. The van der Waals surface area contributed by atoms with Crippen LogP contribution in [-0.4, -0.2) is 43.8 Å². The summed E-state index contributed by atoms with van der Waals surface area (Å²) >= 11 is 0. The summed E-state index contributed by atoms with van der Waals surface area (Å²) in [6.45, 7) is 3.54. The van der Waals surface area contributed by atoms with Crippen molar-refractivity contribution in [2.24, 2.45) is 0 Å². The van der Waals surface area contributed by atoms with Gasteiger partial charge in [0.25, 0.3) is 0 Å². The van der Waals surface area contributed by atoms with Gasteiger partial charge < -0.3 is 19.4 Å². The van der Waals surface area contributed by atoms with E-state index in [1.54, 1.807) is 7.11 Å². The zero-order valence-corrected chi connectivity index (χ0v) is 12.7. The molecule has 1 unspecified atom stereocenters. The van der Waals surface area contributed by atoms with Crippen LogP contribution in [0.15, 0.2) is 18.3 Å². The lowest BCUT2D eigenvalue weighted by Crippen LogP contribution is -2.14. The van der Waals surface area contributed by atoms with Crippen LogP contribution in [0.2, 0.25) is 0 Å². The summed E-state index contributed by atoms with van der Waals surface area (Å²) in [4.78, 5) is 5.40. The van der Waals surface area contributed by atoms with E-state index in [1.165, 1.54) is 5.56 Å². The second-order valence-corrected chi connectivity index (χ2v) is 5.32. The van der Waals surface area contributed by atoms with Gasteiger partial charge in [0.2, 0.25) is 0 Å². The highest BCUT2D eigenvalue weighted by Crippen LogP contribution is 2.28. The molecule has 2 rings (SSSR count). The summed E-state index contributed by atoms with van der Waals surface area (Å²) in [6.07, 6.45) is 2.95. The van der Waals surface area contributed by atoms with Crippen LogP contribution in [0.5, 0.6) is 5.75 Å². The fourth-order valence-corrected chi connectivity index (χ4v) is 2.16. The van der Waals surface area contributed by atoms with E-state index in [1.807, 2.05) is 25.3 Å². The molecule has 0 saturated heterocycles. The molecule has 0 bridgehead atoms. The maximum absolute atomic E-state index is 5.95. The van der Waals surface area contributed by atoms with Gasteiger partial charge in [-0.15, -0.1) is 0 Å². The van der Waals surface area contributed by atoms with Crippen LogP contribution in [0.25, 0.3) is 10.9 Å². The average molecular weight is 275 g/mol. The summed E-state index contributed by atoms with van der Waals surface area (Å²) in [5, 5.41) is 1.10. The molecule has 0 aliphatic rings. The first kappa shape index (κ1) is 14.9. The fraction of sp³-hybridized carbons (Fsp3) is 0.500. The van der Waals surface area contributed by atoms with Gasteiger partial charge in [-0.1, -0.05) is 0 Å². The molecule has 0 fully saturated rings. The molecule has 1 radical (unpaired) electrons. The van der Waals surface area contributed by atoms with Gasteiger partial charge in [-0.25, -0.2) is 0 Å². The minimum atomic E-state index is 0.217. The lowest BCUT2D eigenvalue weighted by Gasteiger charge is -2.17. The van der Waals surface area contributed by atoms with Crippen molar-refractivity contribution in [3.8, 4) is 5.75 Å². The molecule has 1 aromatic heterocycles. The van der Waals surface area contributed by atoms with Gasteiger partial charge >= 0.3 is 0 Å². The Balaban J connectivity index is 2.18. The van der Waals surface area contributed by atoms with E-state index in [0.29, 0.717) is 6.61 Å². The highest BCUT2D eigenvalue weighted by atomic mass is 16.5. The van der Waals surface area contributed by atoms with E-state index in [2.05, 4.69) is 30.0 Å². The first-order valence-corrected chi connectivity index (χ1v) is 6.92. The van der Waals surface area contributed by atoms with Crippen LogP contribution in [0.3, 0.4) is 0 Å². The van der Waals surface area contributed by atoms with Crippen molar-refractivity contribution in [2.45, 2.75) is 26.0 Å². The maximum Gasteiger partial charge on any atom is 0.125 e. The second kappa shape index (κ2) is 6.77. The summed E-state index contributed by atoms with van der Waals surface area (Å²) in [5.41, 5.74) is 2.29. The Labute approximate surface area is 120 Å². The van der Waals surface area contributed by atoms with E-state index in [4.69, 9.17) is 9.47 Å². The summed E-state index contributed by atoms with van der Waals surface area (Å²) in [5.74, 6) is 0.936. The first-order chi connectivity index (χ1) is 9.61. The number of aromatic amines is 1. The number of hydrogen-bond donors (Lipinski definition) is 1. The largest absolute Gasteiger partial charge is 0.493 e. The SMILES string of the molecule is COC(C)CCOc1ccc2[c]c[nH]c2c1CN(C)C. The molecule has 0 aliphatic heterocycles. The molecule has 0 amide bonds. The molecule has 0 saturated carbocycles. The van der Waals surface area contributed by atoms with Gasteiger partial charge in [0.1, 0.15) is 5.75 Å². The maximum atomic E-state index is 5.95. The number of hydrogen-bond acceptors (Lipinski definition) is 3. The molecule has 4 heteroatoms. The van der Waals surface area contributed by atoms with Crippen LogP contribution in [-0.2, 0) is 11.3 Å². The van der Waals surface area contributed by atoms with Gasteiger partial charge in [-0.2, -0.15) is 0 Å². The standard InChI is InChI=1S/C16H23N2O2/c1-12(19-4)8-10-20-15-6-5-13-7-9-17-16(13)14(15)11-18(2)3/h5-6,9,12,17H,8,10-11H2,1-4H3.